The molecular formula is C17H25N5O3S. The third kappa shape index (κ3) is 5.50. The number of hydrogen-bond acceptors (Lipinski definition) is 5. The van der Waals surface area contributed by atoms with Gasteiger partial charge in [0, 0.05) is 26.2 Å². The maximum absolute atomic E-state index is 12.8. The molecule has 0 fully saturated rings. The highest BCUT2D eigenvalue weighted by atomic mass is 32.2. The first kappa shape index (κ1) is 21.5. The van der Waals surface area contributed by atoms with Crippen LogP contribution < -0.4 is 0 Å². The zero-order chi connectivity index (χ0) is 19.9. The van der Waals surface area contributed by atoms with E-state index in [-0.39, 0.29) is 26.2 Å². The second kappa shape index (κ2) is 9.25. The van der Waals surface area contributed by atoms with E-state index >= 15 is 0 Å². The van der Waals surface area contributed by atoms with Gasteiger partial charge in [-0.2, -0.15) is 8.99 Å². The molecule has 1 aromatic heterocycles. The summed E-state index contributed by atoms with van der Waals surface area (Å²) < 4.78 is 27.7. The molecule has 0 aromatic carbocycles. The van der Waals surface area contributed by atoms with Crippen LogP contribution in [0.3, 0.4) is 0 Å². The Morgan fingerprint density at radius 1 is 1.15 bits per heavy atom. The fraction of sp³-hybridized carbons (Fsp3) is 0.353. The lowest BCUT2D eigenvalue weighted by Gasteiger charge is -2.20. The average Bonchev–Trinajstić information content (AvgIpc) is 3.03. The third-order valence-electron chi connectivity index (χ3n) is 3.10. The second-order valence-corrected chi connectivity index (χ2v) is 7.76. The highest BCUT2D eigenvalue weighted by Gasteiger charge is 2.29. The van der Waals surface area contributed by atoms with Gasteiger partial charge in [-0.1, -0.05) is 36.5 Å². The smallest absolute Gasteiger partial charge is 0.315 e. The molecule has 0 bridgehead atoms. The van der Waals surface area contributed by atoms with Crippen LogP contribution in [0.15, 0.2) is 61.1 Å². The molecule has 26 heavy (non-hydrogen) atoms. The molecule has 0 atom stereocenters. The number of carbonyl (C=O) groups excluding carboxylic acids is 1. The maximum Gasteiger partial charge on any atom is 0.346 e. The highest BCUT2D eigenvalue weighted by Crippen LogP contribution is 2.14. The van der Waals surface area contributed by atoms with E-state index in [0.29, 0.717) is 11.1 Å². The zero-order valence-electron chi connectivity index (χ0n) is 15.3. The van der Waals surface area contributed by atoms with E-state index in [1.807, 2.05) is 0 Å². The van der Waals surface area contributed by atoms with E-state index in [1.54, 1.807) is 26.0 Å². The molecular weight excluding hydrogens is 354 g/mol. The summed E-state index contributed by atoms with van der Waals surface area (Å²) in [5.74, 6) is 0. The summed E-state index contributed by atoms with van der Waals surface area (Å²) in [5, 5.41) is 3.41. The first-order chi connectivity index (χ1) is 12.1. The van der Waals surface area contributed by atoms with Crippen molar-refractivity contribution in [2.75, 3.05) is 26.2 Å². The Morgan fingerprint density at radius 2 is 1.65 bits per heavy atom. The SMILES string of the molecule is C=CCN(CC=C)C(=O)n1cnc(S(=O)(=O)N(CC(=C)C)CC(=C)C)n1. The molecule has 142 valence electrons. The molecule has 0 N–H and O–H groups in total. The number of hydrogen-bond donors (Lipinski definition) is 0. The Morgan fingerprint density at radius 3 is 2.08 bits per heavy atom. The average molecular weight is 379 g/mol. The normalized spacial score (nSPS) is 11.2. The third-order valence-corrected chi connectivity index (χ3v) is 4.69. The highest BCUT2D eigenvalue weighted by molar-refractivity contribution is 7.89. The van der Waals surface area contributed by atoms with Crippen LogP contribution >= 0.6 is 0 Å². The van der Waals surface area contributed by atoms with Gasteiger partial charge in [0.2, 0.25) is 0 Å². The molecule has 0 aliphatic rings. The summed E-state index contributed by atoms with van der Waals surface area (Å²) >= 11 is 0. The number of nitrogens with zero attached hydrogens (tertiary/aromatic N) is 5. The largest absolute Gasteiger partial charge is 0.346 e. The van der Waals surface area contributed by atoms with Crippen LogP contribution in [0.2, 0.25) is 0 Å². The summed E-state index contributed by atoms with van der Waals surface area (Å²) in [5.41, 5.74) is 1.32. The van der Waals surface area contributed by atoms with Crippen molar-refractivity contribution in [2.45, 2.75) is 19.0 Å². The standard InChI is InChI=1S/C17H25N5O3S/c1-7-9-20(10-8-2)17(23)22-13-18-16(19-22)26(24,25)21(11-14(3)4)12-15(5)6/h7-8,13H,1-3,5,9-12H2,4,6H3. The zero-order valence-corrected chi connectivity index (χ0v) is 16.1. The fourth-order valence-electron chi connectivity index (χ4n) is 2.09. The van der Waals surface area contributed by atoms with E-state index in [1.165, 1.54) is 9.21 Å². The lowest BCUT2D eigenvalue weighted by atomic mass is 10.3. The first-order valence-electron chi connectivity index (χ1n) is 7.85. The molecule has 1 aromatic rings. The molecule has 1 heterocycles. The van der Waals surface area contributed by atoms with E-state index in [4.69, 9.17) is 0 Å². The van der Waals surface area contributed by atoms with E-state index in [9.17, 15) is 13.2 Å². The molecule has 0 radical (unpaired) electrons. The van der Waals surface area contributed by atoms with E-state index in [2.05, 4.69) is 36.4 Å². The summed E-state index contributed by atoms with van der Waals surface area (Å²) in [6.07, 6.45) is 4.18. The van der Waals surface area contributed by atoms with Crippen molar-refractivity contribution in [3.8, 4) is 0 Å². The van der Waals surface area contributed by atoms with Gasteiger partial charge in [-0.15, -0.1) is 18.3 Å². The van der Waals surface area contributed by atoms with E-state index < -0.39 is 21.2 Å². The molecule has 0 spiro atoms. The van der Waals surface area contributed by atoms with E-state index in [0.717, 1.165) is 11.0 Å². The Bertz CT molecular complexity index is 784. The van der Waals surface area contributed by atoms with Gasteiger partial charge in [-0.25, -0.2) is 18.2 Å². The molecule has 0 aliphatic carbocycles. The molecule has 1 amide bonds. The molecule has 0 saturated heterocycles. The quantitative estimate of drug-likeness (QED) is 0.581. The lowest BCUT2D eigenvalue weighted by molar-refractivity contribution is 0.206. The van der Waals surface area contributed by atoms with Gasteiger partial charge in [-0.05, 0) is 13.8 Å². The number of aromatic nitrogens is 3. The molecule has 0 saturated carbocycles. The Hall–Kier alpha value is -2.52. The van der Waals surface area contributed by atoms with Crippen LogP contribution in [-0.4, -0.2) is 64.6 Å². The monoisotopic (exact) mass is 379 g/mol. The van der Waals surface area contributed by atoms with Crippen molar-refractivity contribution in [3.63, 3.8) is 0 Å². The Labute approximate surface area is 154 Å². The van der Waals surface area contributed by atoms with Gasteiger partial charge in [0.05, 0.1) is 0 Å². The number of amides is 1. The van der Waals surface area contributed by atoms with Gasteiger partial charge in [0.25, 0.3) is 15.2 Å². The van der Waals surface area contributed by atoms with Crippen molar-refractivity contribution >= 4 is 16.1 Å². The molecule has 0 aliphatic heterocycles. The second-order valence-electron chi connectivity index (χ2n) is 5.92. The van der Waals surface area contributed by atoms with Crippen LogP contribution in [0.25, 0.3) is 0 Å². The predicted octanol–water partition coefficient (Wildman–Crippen LogP) is 2.06. The minimum atomic E-state index is -4.00. The van der Waals surface area contributed by atoms with Gasteiger partial charge >= 0.3 is 6.03 Å². The summed E-state index contributed by atoms with van der Waals surface area (Å²) in [4.78, 5) is 17.6. The number of carbonyl (C=O) groups is 1. The molecule has 8 nitrogen and oxygen atoms in total. The van der Waals surface area contributed by atoms with Crippen molar-refractivity contribution in [1.29, 1.82) is 0 Å². The van der Waals surface area contributed by atoms with Crippen molar-refractivity contribution < 1.29 is 13.2 Å². The minimum Gasteiger partial charge on any atom is -0.315 e. The van der Waals surface area contributed by atoms with Crippen molar-refractivity contribution in [2.24, 2.45) is 0 Å². The topological polar surface area (TPSA) is 88.4 Å². The van der Waals surface area contributed by atoms with Crippen LogP contribution in [0.4, 0.5) is 4.79 Å². The fourth-order valence-corrected chi connectivity index (χ4v) is 3.47. The molecule has 0 unspecified atom stereocenters. The number of sulfonamides is 1. The number of rotatable bonds is 10. The minimum absolute atomic E-state index is 0.108. The van der Waals surface area contributed by atoms with Crippen molar-refractivity contribution in [1.82, 2.24) is 24.0 Å². The van der Waals surface area contributed by atoms with Crippen LogP contribution in [0.1, 0.15) is 13.8 Å². The Balaban J connectivity index is 3.17. The van der Waals surface area contributed by atoms with Crippen LogP contribution in [-0.2, 0) is 10.0 Å². The predicted molar refractivity (Wildman–Crippen MR) is 101 cm³/mol. The maximum atomic E-state index is 12.8. The molecule has 1 rings (SSSR count). The van der Waals surface area contributed by atoms with Crippen LogP contribution in [0.5, 0.6) is 0 Å². The molecule has 9 heteroatoms. The van der Waals surface area contributed by atoms with Crippen LogP contribution in [0, 0.1) is 0 Å². The van der Waals surface area contributed by atoms with Gasteiger partial charge in [0.1, 0.15) is 6.33 Å². The lowest BCUT2D eigenvalue weighted by Crippen LogP contribution is -2.36. The van der Waals surface area contributed by atoms with Gasteiger partial charge in [0.15, 0.2) is 0 Å². The summed E-state index contributed by atoms with van der Waals surface area (Å²) in [6, 6.07) is -0.523. The summed E-state index contributed by atoms with van der Waals surface area (Å²) in [7, 11) is -4.00. The van der Waals surface area contributed by atoms with Gasteiger partial charge in [-0.3, -0.25) is 0 Å². The summed E-state index contributed by atoms with van der Waals surface area (Å²) in [6.45, 7) is 18.9. The first-order valence-corrected chi connectivity index (χ1v) is 9.29. The van der Waals surface area contributed by atoms with Crippen molar-refractivity contribution in [3.05, 3.63) is 55.9 Å². The Kier molecular flexibility index (Phi) is 7.66. The van der Waals surface area contributed by atoms with Gasteiger partial charge < -0.3 is 4.90 Å².